The maximum atomic E-state index is 13.8. The Morgan fingerprint density at radius 3 is 2.11 bits per heavy atom. The second-order valence-corrected chi connectivity index (χ2v) is 10.4. The summed E-state index contributed by atoms with van der Waals surface area (Å²) in [5, 5.41) is 11.7. The maximum absolute atomic E-state index is 13.8. The SMILES string of the molecule is CC1(C)c2ccccc2-n2c3ccc(N(c4ccc(F)cc4)c4ccc(C#N)cc4)cc3c3cccc1c32. The summed E-state index contributed by atoms with van der Waals surface area (Å²) in [5.74, 6) is -0.278. The molecule has 38 heavy (non-hydrogen) atoms. The highest BCUT2D eigenvalue weighted by atomic mass is 19.1. The molecule has 0 fully saturated rings. The molecule has 0 saturated heterocycles. The number of aromatic nitrogens is 1. The van der Waals surface area contributed by atoms with E-state index in [4.69, 9.17) is 0 Å². The Morgan fingerprint density at radius 1 is 0.711 bits per heavy atom. The predicted molar refractivity (Wildman–Crippen MR) is 152 cm³/mol. The molecule has 0 saturated carbocycles. The summed E-state index contributed by atoms with van der Waals surface area (Å²) in [5.41, 5.74) is 9.42. The van der Waals surface area contributed by atoms with E-state index in [1.54, 1.807) is 12.1 Å². The van der Waals surface area contributed by atoms with Gasteiger partial charge in [-0.15, -0.1) is 0 Å². The van der Waals surface area contributed by atoms with E-state index in [9.17, 15) is 9.65 Å². The minimum absolute atomic E-state index is 0.119. The topological polar surface area (TPSA) is 32.0 Å². The van der Waals surface area contributed by atoms with Crippen LogP contribution in [0.4, 0.5) is 21.5 Å². The van der Waals surface area contributed by atoms with Crippen molar-refractivity contribution in [1.29, 1.82) is 5.26 Å². The molecule has 7 rings (SSSR count). The van der Waals surface area contributed by atoms with E-state index in [2.05, 4.69) is 90.0 Å². The average molecular weight is 494 g/mol. The molecule has 6 aromatic rings. The van der Waals surface area contributed by atoms with E-state index < -0.39 is 0 Å². The van der Waals surface area contributed by atoms with Gasteiger partial charge in [0.1, 0.15) is 5.82 Å². The summed E-state index contributed by atoms with van der Waals surface area (Å²) < 4.78 is 16.2. The molecule has 0 radical (unpaired) electrons. The van der Waals surface area contributed by atoms with E-state index in [1.807, 2.05) is 24.3 Å². The van der Waals surface area contributed by atoms with Crippen LogP contribution in [0.1, 0.15) is 30.5 Å². The van der Waals surface area contributed by atoms with E-state index in [0.29, 0.717) is 5.56 Å². The van der Waals surface area contributed by atoms with Gasteiger partial charge in [0.05, 0.1) is 28.4 Å². The Balaban J connectivity index is 1.51. The van der Waals surface area contributed by atoms with Crippen LogP contribution in [0, 0.1) is 17.1 Å². The van der Waals surface area contributed by atoms with Crippen LogP contribution in [0.15, 0.2) is 109 Å². The van der Waals surface area contributed by atoms with Crippen LogP contribution >= 0.6 is 0 Å². The van der Waals surface area contributed by atoms with Crippen LogP contribution < -0.4 is 4.90 Å². The number of hydrogen-bond acceptors (Lipinski definition) is 2. The molecule has 4 heteroatoms. The Labute approximate surface area is 220 Å². The minimum Gasteiger partial charge on any atom is -0.310 e. The van der Waals surface area contributed by atoms with Gasteiger partial charge in [0.25, 0.3) is 0 Å². The van der Waals surface area contributed by atoms with Crippen LogP contribution in [0.25, 0.3) is 27.5 Å². The molecular formula is C34H24FN3. The van der Waals surface area contributed by atoms with Crippen LogP contribution in [0.3, 0.4) is 0 Å². The quantitative estimate of drug-likeness (QED) is 0.246. The highest BCUT2D eigenvalue weighted by Gasteiger charge is 2.34. The zero-order valence-corrected chi connectivity index (χ0v) is 21.1. The van der Waals surface area contributed by atoms with Crippen molar-refractivity contribution in [3.63, 3.8) is 0 Å². The van der Waals surface area contributed by atoms with Crippen molar-refractivity contribution in [3.05, 3.63) is 132 Å². The normalized spacial score (nSPS) is 13.3. The van der Waals surface area contributed by atoms with Crippen molar-refractivity contribution >= 4 is 38.9 Å². The van der Waals surface area contributed by atoms with Gasteiger partial charge in [-0.25, -0.2) is 4.39 Å². The fourth-order valence-corrected chi connectivity index (χ4v) is 6.02. The fourth-order valence-electron chi connectivity index (χ4n) is 6.02. The first-order valence-electron chi connectivity index (χ1n) is 12.7. The van der Waals surface area contributed by atoms with Crippen LogP contribution in [-0.2, 0) is 5.41 Å². The first-order chi connectivity index (χ1) is 18.5. The first-order valence-corrected chi connectivity index (χ1v) is 12.7. The van der Waals surface area contributed by atoms with Gasteiger partial charge in [0, 0.05) is 33.2 Å². The van der Waals surface area contributed by atoms with E-state index in [1.165, 1.54) is 39.8 Å². The zero-order valence-electron chi connectivity index (χ0n) is 21.1. The molecule has 0 amide bonds. The second kappa shape index (κ2) is 8.06. The predicted octanol–water partition coefficient (Wildman–Crippen LogP) is 8.90. The zero-order chi connectivity index (χ0) is 26.0. The number of nitrogens with zero attached hydrogens (tertiary/aromatic N) is 3. The standard InChI is InChI=1S/C34H24FN3/c1-34(2)29-7-3-4-9-32(29)38-31-19-18-26(20-28(31)27-6-5-8-30(34)33(27)38)37(25-16-12-23(35)13-17-25)24-14-10-22(21-36)11-15-24/h3-20H,1-2H3. The minimum atomic E-state index is -0.278. The summed E-state index contributed by atoms with van der Waals surface area (Å²) in [6.07, 6.45) is 0. The Bertz CT molecular complexity index is 1910. The molecule has 0 spiro atoms. The van der Waals surface area contributed by atoms with Gasteiger partial charge in [-0.3, -0.25) is 0 Å². The molecule has 5 aromatic carbocycles. The Hall–Kier alpha value is -4.88. The smallest absolute Gasteiger partial charge is 0.123 e. The van der Waals surface area contributed by atoms with Gasteiger partial charge < -0.3 is 9.47 Å². The molecule has 182 valence electrons. The lowest BCUT2D eigenvalue weighted by Gasteiger charge is -2.34. The van der Waals surface area contributed by atoms with Gasteiger partial charge >= 0.3 is 0 Å². The number of rotatable bonds is 3. The average Bonchev–Trinajstić information content (AvgIpc) is 3.28. The van der Waals surface area contributed by atoms with Gasteiger partial charge in [-0.05, 0) is 83.9 Å². The molecule has 0 unspecified atom stereocenters. The maximum Gasteiger partial charge on any atom is 0.123 e. The van der Waals surface area contributed by atoms with Gasteiger partial charge in [0.15, 0.2) is 0 Å². The lowest BCUT2D eigenvalue weighted by molar-refractivity contribution is 0.628. The molecule has 0 N–H and O–H groups in total. The van der Waals surface area contributed by atoms with Crippen LogP contribution in [0.2, 0.25) is 0 Å². The lowest BCUT2D eigenvalue weighted by Crippen LogP contribution is -2.26. The monoisotopic (exact) mass is 493 g/mol. The van der Waals surface area contributed by atoms with Crippen molar-refractivity contribution in [1.82, 2.24) is 4.57 Å². The molecule has 3 nitrogen and oxygen atoms in total. The van der Waals surface area contributed by atoms with Crippen LogP contribution in [0.5, 0.6) is 0 Å². The third kappa shape index (κ3) is 3.12. The second-order valence-electron chi connectivity index (χ2n) is 10.4. The van der Waals surface area contributed by atoms with Crippen molar-refractivity contribution in [2.75, 3.05) is 4.90 Å². The number of nitriles is 1. The van der Waals surface area contributed by atoms with Crippen molar-refractivity contribution in [3.8, 4) is 11.8 Å². The summed E-state index contributed by atoms with van der Waals surface area (Å²) in [7, 11) is 0. The summed E-state index contributed by atoms with van der Waals surface area (Å²) >= 11 is 0. The highest BCUT2D eigenvalue weighted by molar-refractivity contribution is 6.12. The van der Waals surface area contributed by atoms with Gasteiger partial charge in [-0.2, -0.15) is 5.26 Å². The van der Waals surface area contributed by atoms with Crippen molar-refractivity contribution < 1.29 is 4.39 Å². The molecule has 0 bridgehead atoms. The molecular weight excluding hydrogens is 469 g/mol. The number of fused-ring (bicyclic) bond motifs is 5. The molecule has 1 aromatic heterocycles. The molecule has 1 aliphatic heterocycles. The number of benzene rings is 5. The number of para-hydroxylation sites is 2. The summed E-state index contributed by atoms with van der Waals surface area (Å²) in [6, 6.07) is 38.0. The summed E-state index contributed by atoms with van der Waals surface area (Å²) in [6.45, 7) is 4.60. The number of halogens is 1. The first kappa shape index (κ1) is 22.3. The van der Waals surface area contributed by atoms with E-state index in [0.717, 1.165) is 28.0 Å². The van der Waals surface area contributed by atoms with Crippen LogP contribution in [-0.4, -0.2) is 4.57 Å². The fraction of sp³-hybridized carbons (Fsp3) is 0.0882. The third-order valence-electron chi connectivity index (χ3n) is 7.86. The number of anilines is 3. The molecule has 2 heterocycles. The summed E-state index contributed by atoms with van der Waals surface area (Å²) in [4.78, 5) is 2.10. The molecule has 1 aliphatic rings. The largest absolute Gasteiger partial charge is 0.310 e. The number of hydrogen-bond donors (Lipinski definition) is 0. The Kier molecular flexibility index (Phi) is 4.74. The van der Waals surface area contributed by atoms with Gasteiger partial charge in [0.2, 0.25) is 0 Å². The van der Waals surface area contributed by atoms with Crippen molar-refractivity contribution in [2.24, 2.45) is 0 Å². The van der Waals surface area contributed by atoms with Crippen molar-refractivity contribution in [2.45, 2.75) is 19.3 Å². The van der Waals surface area contributed by atoms with E-state index >= 15 is 0 Å². The molecule has 0 aliphatic carbocycles. The Morgan fingerprint density at radius 2 is 1.37 bits per heavy atom. The molecule has 0 atom stereocenters. The lowest BCUT2D eigenvalue weighted by atomic mass is 9.75. The highest BCUT2D eigenvalue weighted by Crippen LogP contribution is 2.48. The van der Waals surface area contributed by atoms with E-state index in [-0.39, 0.29) is 11.2 Å². The van der Waals surface area contributed by atoms with Gasteiger partial charge in [-0.1, -0.05) is 50.2 Å². The third-order valence-corrected chi connectivity index (χ3v) is 7.86.